The predicted octanol–water partition coefficient (Wildman–Crippen LogP) is 3.74. The van der Waals surface area contributed by atoms with Gasteiger partial charge in [-0.05, 0) is 42.6 Å². The lowest BCUT2D eigenvalue weighted by molar-refractivity contribution is 0.305. The molecule has 0 fully saturated rings. The van der Waals surface area contributed by atoms with E-state index < -0.39 is 9.84 Å². The first kappa shape index (κ1) is 19.5. The van der Waals surface area contributed by atoms with Crippen LogP contribution < -0.4 is 10.1 Å². The van der Waals surface area contributed by atoms with Gasteiger partial charge < -0.3 is 10.1 Å². The lowest BCUT2D eigenvalue weighted by Crippen LogP contribution is -2.21. The van der Waals surface area contributed by atoms with Gasteiger partial charge in [-0.15, -0.1) is 0 Å². The van der Waals surface area contributed by atoms with Crippen LogP contribution in [0.2, 0.25) is 0 Å². The number of nitrogens with one attached hydrogen (secondary N) is 1. The second-order valence-corrected chi connectivity index (χ2v) is 8.49. The van der Waals surface area contributed by atoms with E-state index in [-0.39, 0.29) is 11.8 Å². The smallest absolute Gasteiger partial charge is 0.147 e. The van der Waals surface area contributed by atoms with Crippen molar-refractivity contribution in [3.63, 3.8) is 0 Å². The van der Waals surface area contributed by atoms with Crippen molar-refractivity contribution in [3.05, 3.63) is 65.7 Å². The zero-order valence-electron chi connectivity index (χ0n) is 14.9. The second-order valence-electron chi connectivity index (χ2n) is 6.23. The van der Waals surface area contributed by atoms with Gasteiger partial charge in [0.25, 0.3) is 0 Å². The molecule has 0 aromatic heterocycles. The predicted molar refractivity (Wildman–Crippen MR) is 103 cm³/mol. The van der Waals surface area contributed by atoms with Crippen LogP contribution in [-0.4, -0.2) is 27.0 Å². The average Bonchev–Trinajstić information content (AvgIpc) is 2.59. The van der Waals surface area contributed by atoms with Crippen molar-refractivity contribution in [3.8, 4) is 5.75 Å². The van der Waals surface area contributed by atoms with E-state index in [9.17, 15) is 8.42 Å². The molecule has 1 unspecified atom stereocenters. The molecule has 0 radical (unpaired) electrons. The Hall–Kier alpha value is -1.85. The first-order chi connectivity index (χ1) is 12.0. The highest BCUT2D eigenvalue weighted by Crippen LogP contribution is 2.23. The first-order valence-electron chi connectivity index (χ1n) is 8.65. The van der Waals surface area contributed by atoms with Crippen LogP contribution in [0.4, 0.5) is 0 Å². The minimum atomic E-state index is -2.92. The van der Waals surface area contributed by atoms with Crippen LogP contribution in [0.5, 0.6) is 5.75 Å². The molecule has 0 saturated heterocycles. The van der Waals surface area contributed by atoms with Gasteiger partial charge in [-0.1, -0.05) is 49.4 Å². The summed E-state index contributed by atoms with van der Waals surface area (Å²) in [6.45, 7) is 3.42. The van der Waals surface area contributed by atoms with Crippen molar-refractivity contribution >= 4 is 9.84 Å². The topological polar surface area (TPSA) is 55.4 Å². The summed E-state index contributed by atoms with van der Waals surface area (Å²) < 4.78 is 28.6. The highest BCUT2D eigenvalue weighted by atomic mass is 32.2. The van der Waals surface area contributed by atoms with E-state index in [2.05, 4.69) is 18.3 Å². The molecule has 136 valence electrons. The molecule has 1 atom stereocenters. The fraction of sp³-hybridized carbons (Fsp3) is 0.400. The van der Waals surface area contributed by atoms with Crippen LogP contribution in [0.25, 0.3) is 0 Å². The minimum absolute atomic E-state index is 0.132. The minimum Gasteiger partial charge on any atom is -0.489 e. The number of hydrogen-bond donors (Lipinski definition) is 1. The normalized spacial score (nSPS) is 12.7. The monoisotopic (exact) mass is 361 g/mol. The van der Waals surface area contributed by atoms with E-state index in [0.717, 1.165) is 29.8 Å². The maximum absolute atomic E-state index is 11.3. The molecule has 2 aromatic rings. The molecule has 5 heteroatoms. The van der Waals surface area contributed by atoms with Crippen molar-refractivity contribution in [1.82, 2.24) is 5.32 Å². The standard InChI is InChI=1S/C20H27NO3S/c1-3-21-20(13-8-14-25(2,22)23)18-11-7-12-19(15-18)24-16-17-9-5-4-6-10-17/h4-7,9-12,15,20-21H,3,8,13-14,16H2,1-2H3. The molecule has 0 aliphatic rings. The molecule has 0 saturated carbocycles. The average molecular weight is 362 g/mol. The summed E-state index contributed by atoms with van der Waals surface area (Å²) in [5.74, 6) is 1.05. The Bertz CT molecular complexity index is 745. The van der Waals surface area contributed by atoms with Gasteiger partial charge in [0.05, 0.1) is 0 Å². The van der Waals surface area contributed by atoms with E-state index >= 15 is 0 Å². The Labute approximate surface area is 151 Å². The van der Waals surface area contributed by atoms with Crippen LogP contribution >= 0.6 is 0 Å². The number of rotatable bonds is 10. The Balaban J connectivity index is 2.00. The van der Waals surface area contributed by atoms with Gasteiger partial charge >= 0.3 is 0 Å². The van der Waals surface area contributed by atoms with E-state index in [1.807, 2.05) is 48.5 Å². The largest absolute Gasteiger partial charge is 0.489 e. The zero-order valence-corrected chi connectivity index (χ0v) is 15.8. The quantitative estimate of drug-likeness (QED) is 0.700. The number of hydrogen-bond acceptors (Lipinski definition) is 4. The number of sulfone groups is 1. The van der Waals surface area contributed by atoms with Crippen LogP contribution in [0.1, 0.15) is 36.9 Å². The second kappa shape index (κ2) is 9.59. The Morgan fingerprint density at radius 3 is 2.52 bits per heavy atom. The Morgan fingerprint density at radius 2 is 1.84 bits per heavy atom. The Kier molecular flexibility index (Phi) is 7.47. The summed E-state index contributed by atoms with van der Waals surface area (Å²) >= 11 is 0. The molecule has 0 aliphatic carbocycles. The lowest BCUT2D eigenvalue weighted by atomic mass is 10.0. The summed E-state index contributed by atoms with van der Waals surface area (Å²) in [7, 11) is -2.92. The lowest BCUT2D eigenvalue weighted by Gasteiger charge is -2.19. The van der Waals surface area contributed by atoms with Gasteiger partial charge in [0.15, 0.2) is 0 Å². The van der Waals surface area contributed by atoms with Crippen LogP contribution in [0.15, 0.2) is 54.6 Å². The summed E-state index contributed by atoms with van der Waals surface area (Å²) in [4.78, 5) is 0. The molecule has 0 aliphatic heterocycles. The van der Waals surface area contributed by atoms with E-state index in [0.29, 0.717) is 13.0 Å². The summed E-state index contributed by atoms with van der Waals surface area (Å²) in [6, 6.07) is 18.2. The number of ether oxygens (including phenoxy) is 1. The SMILES string of the molecule is CCNC(CCCS(C)(=O)=O)c1cccc(OCc2ccccc2)c1. The fourth-order valence-corrected chi connectivity index (χ4v) is 3.44. The fourth-order valence-electron chi connectivity index (χ4n) is 2.74. The molecule has 2 aromatic carbocycles. The molecule has 1 N–H and O–H groups in total. The molecule has 2 rings (SSSR count). The molecular formula is C20H27NO3S. The van der Waals surface area contributed by atoms with Crippen molar-refractivity contribution < 1.29 is 13.2 Å². The van der Waals surface area contributed by atoms with Gasteiger partial charge in [0, 0.05) is 18.1 Å². The van der Waals surface area contributed by atoms with Crippen molar-refractivity contribution in [2.45, 2.75) is 32.4 Å². The molecule has 0 spiro atoms. The molecule has 4 nitrogen and oxygen atoms in total. The summed E-state index contributed by atoms with van der Waals surface area (Å²) in [5.41, 5.74) is 2.25. The highest BCUT2D eigenvalue weighted by molar-refractivity contribution is 7.90. The van der Waals surface area contributed by atoms with Gasteiger partial charge in [0.1, 0.15) is 22.2 Å². The third-order valence-electron chi connectivity index (χ3n) is 3.97. The van der Waals surface area contributed by atoms with Crippen LogP contribution in [0.3, 0.4) is 0 Å². The van der Waals surface area contributed by atoms with Crippen molar-refractivity contribution in [1.29, 1.82) is 0 Å². The molecule has 0 amide bonds. The van der Waals surface area contributed by atoms with Gasteiger partial charge in [-0.2, -0.15) is 0 Å². The van der Waals surface area contributed by atoms with Crippen LogP contribution in [-0.2, 0) is 16.4 Å². The molecule has 0 heterocycles. The van der Waals surface area contributed by atoms with Gasteiger partial charge in [0.2, 0.25) is 0 Å². The molecular weight excluding hydrogens is 334 g/mol. The maximum Gasteiger partial charge on any atom is 0.147 e. The van der Waals surface area contributed by atoms with Crippen molar-refractivity contribution in [2.24, 2.45) is 0 Å². The molecule has 0 bridgehead atoms. The maximum atomic E-state index is 11.3. The van der Waals surface area contributed by atoms with Crippen molar-refractivity contribution in [2.75, 3.05) is 18.6 Å². The van der Waals surface area contributed by atoms with Crippen LogP contribution in [0, 0.1) is 0 Å². The summed E-state index contributed by atoms with van der Waals surface area (Å²) in [6.07, 6.45) is 2.71. The van der Waals surface area contributed by atoms with Gasteiger partial charge in [-0.25, -0.2) is 8.42 Å². The number of benzene rings is 2. The third kappa shape index (κ3) is 7.28. The highest BCUT2D eigenvalue weighted by Gasteiger charge is 2.12. The zero-order chi connectivity index (χ0) is 18.1. The third-order valence-corrected chi connectivity index (χ3v) is 5.00. The van der Waals surface area contributed by atoms with E-state index in [4.69, 9.17) is 4.74 Å². The Morgan fingerprint density at radius 1 is 1.08 bits per heavy atom. The van der Waals surface area contributed by atoms with Gasteiger partial charge in [-0.3, -0.25) is 0 Å². The summed E-state index contributed by atoms with van der Waals surface area (Å²) in [5, 5.41) is 3.44. The van der Waals surface area contributed by atoms with E-state index in [1.54, 1.807) is 0 Å². The van der Waals surface area contributed by atoms with E-state index in [1.165, 1.54) is 6.26 Å². The molecule has 25 heavy (non-hydrogen) atoms. The first-order valence-corrected chi connectivity index (χ1v) is 10.7.